The highest BCUT2D eigenvalue weighted by atomic mass is 32.2. The monoisotopic (exact) mass is 496 g/mol. The van der Waals surface area contributed by atoms with E-state index in [4.69, 9.17) is 4.74 Å². The first-order valence-electron chi connectivity index (χ1n) is 10.5. The molecule has 0 aliphatic rings. The van der Waals surface area contributed by atoms with Gasteiger partial charge in [0.2, 0.25) is 5.91 Å². The molecule has 4 N–H and O–H groups in total. The number of hydrogen-bond donors (Lipinski definition) is 4. The van der Waals surface area contributed by atoms with Gasteiger partial charge in [-0.1, -0.05) is 36.4 Å². The molecule has 35 heavy (non-hydrogen) atoms. The molecule has 0 unspecified atom stereocenters. The van der Waals surface area contributed by atoms with E-state index in [1.807, 2.05) is 0 Å². The highest BCUT2D eigenvalue weighted by Gasteiger charge is 2.18. The Hall–Kier alpha value is -4.38. The molecule has 0 aromatic heterocycles. The molecule has 3 rings (SSSR count). The Bertz CT molecular complexity index is 1310. The second-order valence-electron chi connectivity index (χ2n) is 7.21. The Balaban J connectivity index is 1.53. The van der Waals surface area contributed by atoms with E-state index in [0.717, 1.165) is 0 Å². The number of hydrogen-bond acceptors (Lipinski definition) is 6. The molecule has 3 amide bonds. The van der Waals surface area contributed by atoms with Crippen molar-refractivity contribution >= 4 is 33.4 Å². The molecule has 3 aromatic carbocycles. The number of nitrogens with one attached hydrogen (secondary N) is 4. The van der Waals surface area contributed by atoms with Crippen LogP contribution in [0.4, 0.5) is 5.69 Å². The fourth-order valence-electron chi connectivity index (χ4n) is 2.98. The number of para-hydroxylation sites is 2. The van der Waals surface area contributed by atoms with Crippen LogP contribution in [0.3, 0.4) is 0 Å². The topological polar surface area (TPSA) is 143 Å². The Labute approximate surface area is 202 Å². The molecule has 0 heterocycles. The van der Waals surface area contributed by atoms with Crippen molar-refractivity contribution < 1.29 is 27.5 Å². The van der Waals surface area contributed by atoms with Gasteiger partial charge in [-0.15, -0.1) is 0 Å². The lowest BCUT2D eigenvalue weighted by Crippen LogP contribution is -2.42. The summed E-state index contributed by atoms with van der Waals surface area (Å²) < 4.78 is 33.1. The third kappa shape index (κ3) is 7.05. The molecule has 182 valence electrons. The van der Waals surface area contributed by atoms with Crippen molar-refractivity contribution in [2.24, 2.45) is 0 Å². The number of sulfonamides is 1. The average Bonchev–Trinajstić information content (AvgIpc) is 2.88. The highest BCUT2D eigenvalue weighted by Crippen LogP contribution is 2.26. The lowest BCUT2D eigenvalue weighted by molar-refractivity contribution is -0.121. The molecule has 0 bridgehead atoms. The van der Waals surface area contributed by atoms with E-state index in [1.165, 1.54) is 31.4 Å². The standard InChI is InChI=1S/C24H24N4O6S/c1-34-21-13-6-5-12-20(21)28-35(32,33)19-11-7-10-18(16-19)24(31)27-26-22(29)14-15-25-23(30)17-8-3-2-4-9-17/h2-13,16,28H,14-15H2,1H3,(H,25,30)(H,26,29)(H,27,31). The Morgan fingerprint density at radius 2 is 1.49 bits per heavy atom. The molecule has 0 radical (unpaired) electrons. The van der Waals surface area contributed by atoms with Gasteiger partial charge in [0.1, 0.15) is 5.75 Å². The minimum atomic E-state index is -4.01. The molecule has 10 nitrogen and oxygen atoms in total. The SMILES string of the molecule is COc1ccccc1NS(=O)(=O)c1cccc(C(=O)NNC(=O)CCNC(=O)c2ccccc2)c1. The highest BCUT2D eigenvalue weighted by molar-refractivity contribution is 7.92. The summed E-state index contributed by atoms with van der Waals surface area (Å²) in [6.45, 7) is 0.0672. The van der Waals surface area contributed by atoms with Gasteiger partial charge in [0, 0.05) is 24.1 Å². The number of amides is 3. The lowest BCUT2D eigenvalue weighted by atomic mass is 10.2. The van der Waals surface area contributed by atoms with Crippen LogP contribution in [0.1, 0.15) is 27.1 Å². The lowest BCUT2D eigenvalue weighted by Gasteiger charge is -2.12. The minimum Gasteiger partial charge on any atom is -0.495 e. The second-order valence-corrected chi connectivity index (χ2v) is 8.89. The Morgan fingerprint density at radius 1 is 0.800 bits per heavy atom. The average molecular weight is 497 g/mol. The zero-order chi connectivity index (χ0) is 25.3. The van der Waals surface area contributed by atoms with Crippen LogP contribution in [0.2, 0.25) is 0 Å². The zero-order valence-corrected chi connectivity index (χ0v) is 19.6. The molecular formula is C24H24N4O6S. The molecule has 0 aliphatic heterocycles. The molecule has 0 aliphatic carbocycles. The molecular weight excluding hydrogens is 472 g/mol. The summed E-state index contributed by atoms with van der Waals surface area (Å²) in [7, 11) is -2.59. The number of carbonyl (C=O) groups excluding carboxylic acids is 3. The Kier molecular flexibility index (Phi) is 8.41. The van der Waals surface area contributed by atoms with Crippen LogP contribution in [0.25, 0.3) is 0 Å². The van der Waals surface area contributed by atoms with E-state index < -0.39 is 21.8 Å². The molecule has 0 saturated heterocycles. The summed E-state index contributed by atoms with van der Waals surface area (Å²) in [5, 5.41) is 2.61. The molecule has 0 spiro atoms. The number of hydrazine groups is 1. The van der Waals surface area contributed by atoms with Crippen molar-refractivity contribution in [3.63, 3.8) is 0 Å². The zero-order valence-electron chi connectivity index (χ0n) is 18.8. The maximum atomic E-state index is 12.8. The van der Waals surface area contributed by atoms with Crippen molar-refractivity contribution in [1.29, 1.82) is 0 Å². The minimum absolute atomic E-state index is 0.0191. The number of anilines is 1. The molecule has 0 fully saturated rings. The first-order chi connectivity index (χ1) is 16.8. The van der Waals surface area contributed by atoms with E-state index in [-0.39, 0.29) is 35.0 Å². The van der Waals surface area contributed by atoms with Gasteiger partial charge in [-0.05, 0) is 42.5 Å². The number of rotatable bonds is 9. The summed E-state index contributed by atoms with van der Waals surface area (Å²) in [5.74, 6) is -1.22. The predicted molar refractivity (Wildman–Crippen MR) is 129 cm³/mol. The molecule has 0 atom stereocenters. The van der Waals surface area contributed by atoms with Crippen LogP contribution in [0.15, 0.2) is 83.8 Å². The van der Waals surface area contributed by atoms with Crippen molar-refractivity contribution in [2.75, 3.05) is 18.4 Å². The fourth-order valence-corrected chi connectivity index (χ4v) is 4.10. The quantitative estimate of drug-likeness (QED) is 0.334. The van der Waals surface area contributed by atoms with E-state index in [1.54, 1.807) is 54.6 Å². The van der Waals surface area contributed by atoms with E-state index in [2.05, 4.69) is 20.9 Å². The van der Waals surface area contributed by atoms with Crippen LogP contribution in [-0.4, -0.2) is 39.8 Å². The van der Waals surface area contributed by atoms with Gasteiger partial charge in [-0.3, -0.25) is 30.0 Å². The van der Waals surface area contributed by atoms with Crippen molar-refractivity contribution in [3.05, 3.63) is 90.0 Å². The van der Waals surface area contributed by atoms with Gasteiger partial charge < -0.3 is 10.1 Å². The van der Waals surface area contributed by atoms with Crippen molar-refractivity contribution in [3.8, 4) is 5.75 Å². The van der Waals surface area contributed by atoms with Gasteiger partial charge in [0.15, 0.2) is 0 Å². The van der Waals surface area contributed by atoms with Gasteiger partial charge >= 0.3 is 0 Å². The summed E-state index contributed by atoms with van der Waals surface area (Å²) in [6, 6.07) is 20.4. The van der Waals surface area contributed by atoms with E-state index >= 15 is 0 Å². The number of methoxy groups -OCH3 is 1. The van der Waals surface area contributed by atoms with Gasteiger partial charge in [0.05, 0.1) is 17.7 Å². The van der Waals surface area contributed by atoms with Crippen molar-refractivity contribution in [1.82, 2.24) is 16.2 Å². The largest absolute Gasteiger partial charge is 0.495 e. The summed E-state index contributed by atoms with van der Waals surface area (Å²) in [5.41, 5.74) is 5.20. The maximum absolute atomic E-state index is 12.8. The predicted octanol–water partition coefficient (Wildman–Crippen LogP) is 2.08. The maximum Gasteiger partial charge on any atom is 0.269 e. The summed E-state index contributed by atoms with van der Waals surface area (Å²) in [4.78, 5) is 36.2. The van der Waals surface area contributed by atoms with Crippen LogP contribution >= 0.6 is 0 Å². The van der Waals surface area contributed by atoms with Gasteiger partial charge in [-0.25, -0.2) is 8.42 Å². The molecule has 11 heteroatoms. The third-order valence-corrected chi connectivity index (χ3v) is 6.11. The molecule has 0 saturated carbocycles. The number of ether oxygens (including phenoxy) is 1. The third-order valence-electron chi connectivity index (χ3n) is 4.75. The van der Waals surface area contributed by atoms with E-state index in [9.17, 15) is 22.8 Å². The number of benzene rings is 3. The fraction of sp³-hybridized carbons (Fsp3) is 0.125. The number of carbonyl (C=O) groups is 3. The van der Waals surface area contributed by atoms with Crippen LogP contribution in [-0.2, 0) is 14.8 Å². The van der Waals surface area contributed by atoms with Crippen LogP contribution < -0.4 is 25.6 Å². The molecule has 3 aromatic rings. The smallest absolute Gasteiger partial charge is 0.269 e. The second kappa shape index (κ2) is 11.7. The van der Waals surface area contributed by atoms with Crippen molar-refractivity contribution in [2.45, 2.75) is 11.3 Å². The summed E-state index contributed by atoms with van der Waals surface area (Å²) in [6.07, 6.45) is -0.0733. The Morgan fingerprint density at radius 3 is 2.23 bits per heavy atom. The van der Waals surface area contributed by atoms with Crippen LogP contribution in [0, 0.1) is 0 Å². The first kappa shape index (κ1) is 25.2. The van der Waals surface area contributed by atoms with E-state index in [0.29, 0.717) is 11.3 Å². The van der Waals surface area contributed by atoms with Gasteiger partial charge in [-0.2, -0.15) is 0 Å². The van der Waals surface area contributed by atoms with Crippen LogP contribution in [0.5, 0.6) is 5.75 Å². The summed E-state index contributed by atoms with van der Waals surface area (Å²) >= 11 is 0. The van der Waals surface area contributed by atoms with Gasteiger partial charge in [0.25, 0.3) is 21.8 Å². The normalized spacial score (nSPS) is 10.7. The first-order valence-corrected chi connectivity index (χ1v) is 12.0.